The van der Waals surface area contributed by atoms with Crippen molar-refractivity contribution in [3.8, 4) is 0 Å². The number of nitrogens with one attached hydrogen (secondary N) is 1. The molecule has 134 valence electrons. The Morgan fingerprint density at radius 2 is 1.73 bits per heavy atom. The first-order valence-electron chi connectivity index (χ1n) is 8.07. The molecule has 0 bridgehead atoms. The predicted molar refractivity (Wildman–Crippen MR) is 105 cm³/mol. The van der Waals surface area contributed by atoms with Crippen molar-refractivity contribution in [2.75, 3.05) is 0 Å². The number of rotatable bonds is 6. The molecule has 1 unspecified atom stereocenters. The SMILES string of the molecule is Cc1ccc(CNC(=O)c2ccc(CS(=O)c3ccc(Br)cc3)o2)cc1. The van der Waals surface area contributed by atoms with Gasteiger partial charge in [-0.05, 0) is 48.9 Å². The average Bonchev–Trinajstić information content (AvgIpc) is 3.10. The van der Waals surface area contributed by atoms with Crippen molar-refractivity contribution in [2.45, 2.75) is 24.1 Å². The van der Waals surface area contributed by atoms with Gasteiger partial charge in [0.05, 0.1) is 16.6 Å². The van der Waals surface area contributed by atoms with Gasteiger partial charge in [-0.2, -0.15) is 0 Å². The number of benzene rings is 2. The van der Waals surface area contributed by atoms with E-state index in [0.29, 0.717) is 12.3 Å². The molecule has 0 spiro atoms. The minimum atomic E-state index is -1.22. The number of furan rings is 1. The zero-order chi connectivity index (χ0) is 18.5. The molecule has 26 heavy (non-hydrogen) atoms. The van der Waals surface area contributed by atoms with Gasteiger partial charge in [-0.3, -0.25) is 9.00 Å². The van der Waals surface area contributed by atoms with E-state index in [9.17, 15) is 9.00 Å². The quantitative estimate of drug-likeness (QED) is 0.620. The topological polar surface area (TPSA) is 59.3 Å². The van der Waals surface area contributed by atoms with Gasteiger partial charge in [-0.25, -0.2) is 0 Å². The van der Waals surface area contributed by atoms with Crippen molar-refractivity contribution in [1.29, 1.82) is 0 Å². The van der Waals surface area contributed by atoms with E-state index < -0.39 is 10.8 Å². The lowest BCUT2D eigenvalue weighted by Crippen LogP contribution is -2.22. The summed E-state index contributed by atoms with van der Waals surface area (Å²) < 4.78 is 18.9. The Morgan fingerprint density at radius 3 is 2.42 bits per heavy atom. The average molecular weight is 432 g/mol. The molecule has 0 aliphatic carbocycles. The van der Waals surface area contributed by atoms with Gasteiger partial charge in [0.25, 0.3) is 5.91 Å². The largest absolute Gasteiger partial charge is 0.455 e. The van der Waals surface area contributed by atoms with E-state index in [1.165, 1.54) is 5.56 Å². The van der Waals surface area contributed by atoms with E-state index in [0.717, 1.165) is 14.9 Å². The van der Waals surface area contributed by atoms with Crippen molar-refractivity contribution in [3.05, 3.63) is 87.8 Å². The van der Waals surface area contributed by atoms with Crippen LogP contribution in [-0.4, -0.2) is 10.1 Å². The maximum Gasteiger partial charge on any atom is 0.287 e. The lowest BCUT2D eigenvalue weighted by Gasteiger charge is -2.04. The number of carbonyl (C=O) groups excluding carboxylic acids is 1. The fourth-order valence-electron chi connectivity index (χ4n) is 2.35. The van der Waals surface area contributed by atoms with Crippen LogP contribution in [0, 0.1) is 6.92 Å². The molecular formula is C20H18BrNO3S. The standard InChI is InChI=1S/C20H18BrNO3S/c1-14-2-4-15(5-3-14)12-22-20(23)19-11-8-17(25-19)13-26(24)18-9-6-16(21)7-10-18/h2-11H,12-13H2,1H3,(H,22,23). The molecule has 1 atom stereocenters. The third kappa shape index (κ3) is 4.93. The summed E-state index contributed by atoms with van der Waals surface area (Å²) in [6.45, 7) is 2.45. The van der Waals surface area contributed by atoms with E-state index in [-0.39, 0.29) is 17.4 Å². The molecule has 0 radical (unpaired) electrons. The first-order chi connectivity index (χ1) is 12.5. The minimum absolute atomic E-state index is 0.222. The van der Waals surface area contributed by atoms with Crippen LogP contribution in [0.2, 0.25) is 0 Å². The third-order valence-corrected chi connectivity index (χ3v) is 5.68. The van der Waals surface area contributed by atoms with E-state index in [4.69, 9.17) is 4.42 Å². The van der Waals surface area contributed by atoms with Gasteiger partial charge in [0.2, 0.25) is 0 Å². The zero-order valence-electron chi connectivity index (χ0n) is 14.2. The zero-order valence-corrected chi connectivity index (χ0v) is 16.6. The lowest BCUT2D eigenvalue weighted by atomic mass is 10.1. The van der Waals surface area contributed by atoms with E-state index in [1.54, 1.807) is 24.3 Å². The molecule has 0 fully saturated rings. The van der Waals surface area contributed by atoms with Crippen molar-refractivity contribution in [1.82, 2.24) is 5.32 Å². The second kappa shape index (κ2) is 8.47. The Labute approximate surface area is 163 Å². The highest BCUT2D eigenvalue weighted by atomic mass is 79.9. The highest BCUT2D eigenvalue weighted by molar-refractivity contribution is 9.10. The molecule has 4 nitrogen and oxygen atoms in total. The van der Waals surface area contributed by atoms with Gasteiger partial charge in [0.15, 0.2) is 5.76 Å². The van der Waals surface area contributed by atoms with Gasteiger partial charge >= 0.3 is 0 Å². The molecule has 6 heteroatoms. The fourth-order valence-corrected chi connectivity index (χ4v) is 3.64. The Kier molecular flexibility index (Phi) is 6.06. The van der Waals surface area contributed by atoms with Gasteiger partial charge < -0.3 is 9.73 Å². The summed E-state index contributed by atoms with van der Waals surface area (Å²) in [5, 5.41) is 2.83. The molecule has 2 aromatic carbocycles. The fraction of sp³-hybridized carbons (Fsp3) is 0.150. The molecule has 1 aromatic heterocycles. The second-order valence-electron chi connectivity index (χ2n) is 5.88. The Balaban J connectivity index is 1.58. The molecule has 0 aliphatic heterocycles. The lowest BCUT2D eigenvalue weighted by molar-refractivity contribution is 0.0921. The number of hydrogen-bond acceptors (Lipinski definition) is 3. The van der Waals surface area contributed by atoms with Crippen molar-refractivity contribution in [2.24, 2.45) is 0 Å². The Hall–Kier alpha value is -2.18. The number of aryl methyl sites for hydroxylation is 1. The minimum Gasteiger partial charge on any atom is -0.455 e. The molecule has 3 rings (SSSR count). The van der Waals surface area contributed by atoms with Gasteiger partial charge in [0.1, 0.15) is 5.76 Å². The maximum absolute atomic E-state index is 12.4. The van der Waals surface area contributed by atoms with Crippen LogP contribution >= 0.6 is 15.9 Å². The van der Waals surface area contributed by atoms with Gasteiger partial charge in [-0.1, -0.05) is 45.8 Å². The summed E-state index contributed by atoms with van der Waals surface area (Å²) in [7, 11) is -1.22. The highest BCUT2D eigenvalue weighted by Crippen LogP contribution is 2.18. The molecule has 3 aromatic rings. The van der Waals surface area contributed by atoms with Crippen LogP contribution in [-0.2, 0) is 23.1 Å². The summed E-state index contributed by atoms with van der Waals surface area (Å²) in [6, 6.07) is 18.6. The summed E-state index contributed by atoms with van der Waals surface area (Å²) in [5.74, 6) is 0.685. The van der Waals surface area contributed by atoms with Crippen LogP contribution in [0.1, 0.15) is 27.4 Å². The van der Waals surface area contributed by atoms with Crippen molar-refractivity contribution in [3.63, 3.8) is 0 Å². The number of halogens is 1. The number of hydrogen-bond donors (Lipinski definition) is 1. The maximum atomic E-state index is 12.4. The van der Waals surface area contributed by atoms with E-state index in [1.807, 2.05) is 43.3 Å². The van der Waals surface area contributed by atoms with Gasteiger partial charge in [0, 0.05) is 15.9 Å². The van der Waals surface area contributed by atoms with E-state index >= 15 is 0 Å². The molecule has 1 heterocycles. The van der Waals surface area contributed by atoms with E-state index in [2.05, 4.69) is 21.2 Å². The summed E-state index contributed by atoms with van der Waals surface area (Å²) in [5.41, 5.74) is 2.20. The second-order valence-corrected chi connectivity index (χ2v) is 8.24. The normalized spacial score (nSPS) is 11.9. The molecule has 0 saturated carbocycles. The van der Waals surface area contributed by atoms with Crippen LogP contribution in [0.4, 0.5) is 0 Å². The smallest absolute Gasteiger partial charge is 0.287 e. The van der Waals surface area contributed by atoms with Crippen LogP contribution in [0.15, 0.2) is 74.4 Å². The molecule has 0 aliphatic rings. The molecule has 1 N–H and O–H groups in total. The third-order valence-electron chi connectivity index (χ3n) is 3.81. The number of carbonyl (C=O) groups is 1. The Bertz CT molecular complexity index is 917. The highest BCUT2D eigenvalue weighted by Gasteiger charge is 2.13. The summed E-state index contributed by atoms with van der Waals surface area (Å²) in [4.78, 5) is 12.9. The monoisotopic (exact) mass is 431 g/mol. The Morgan fingerprint density at radius 1 is 1.04 bits per heavy atom. The first-order valence-corrected chi connectivity index (χ1v) is 10.2. The van der Waals surface area contributed by atoms with Crippen molar-refractivity contribution < 1.29 is 13.4 Å². The van der Waals surface area contributed by atoms with Crippen molar-refractivity contribution >= 4 is 32.6 Å². The van der Waals surface area contributed by atoms with Crippen LogP contribution < -0.4 is 5.32 Å². The van der Waals surface area contributed by atoms with Crippen LogP contribution in [0.25, 0.3) is 0 Å². The van der Waals surface area contributed by atoms with Crippen LogP contribution in [0.5, 0.6) is 0 Å². The first kappa shape index (κ1) is 18.6. The molecular weight excluding hydrogens is 414 g/mol. The van der Waals surface area contributed by atoms with Crippen LogP contribution in [0.3, 0.4) is 0 Å². The summed E-state index contributed by atoms with van der Waals surface area (Å²) in [6.07, 6.45) is 0. The molecule has 1 amide bonds. The summed E-state index contributed by atoms with van der Waals surface area (Å²) >= 11 is 3.35. The molecule has 0 saturated heterocycles. The van der Waals surface area contributed by atoms with Gasteiger partial charge in [-0.15, -0.1) is 0 Å². The number of amides is 1. The predicted octanol–water partition coefficient (Wildman–Crippen LogP) is 4.59.